The van der Waals surface area contributed by atoms with Gasteiger partial charge in [-0.15, -0.1) is 0 Å². The maximum absolute atomic E-state index is 13.0. The van der Waals surface area contributed by atoms with Gasteiger partial charge in [-0.05, 0) is 53.8 Å². The van der Waals surface area contributed by atoms with E-state index in [0.29, 0.717) is 24.7 Å². The molecule has 1 spiro atoms. The van der Waals surface area contributed by atoms with E-state index in [1.54, 1.807) is 11.7 Å². The number of likely N-dealkylation sites (tertiary alicyclic amines) is 1. The molecular weight excluding hydrogens is 520 g/mol. The van der Waals surface area contributed by atoms with Crippen molar-refractivity contribution in [1.82, 2.24) is 19.4 Å². The number of hydrogen-bond donors (Lipinski definition) is 0. The molecule has 2 saturated heterocycles. The maximum atomic E-state index is 13.0. The van der Waals surface area contributed by atoms with Crippen LogP contribution in [0.15, 0.2) is 55.0 Å². The van der Waals surface area contributed by atoms with E-state index in [1.807, 2.05) is 66.6 Å². The molecule has 2 aliphatic heterocycles. The molecule has 4 aromatic rings. The molecule has 0 N–H and O–H groups in total. The van der Waals surface area contributed by atoms with E-state index in [-0.39, 0.29) is 30.6 Å². The Morgan fingerprint density at radius 1 is 1.17 bits per heavy atom. The number of carbonyl (C=O) groups is 2. The number of fused-ring (bicyclic) bond motifs is 2. The van der Waals surface area contributed by atoms with Gasteiger partial charge in [0, 0.05) is 25.8 Å². The summed E-state index contributed by atoms with van der Waals surface area (Å²) in [5.41, 5.74) is 1.29. The van der Waals surface area contributed by atoms with E-state index in [4.69, 9.17) is 14.7 Å². The largest absolute Gasteiger partial charge is 0.497 e. The van der Waals surface area contributed by atoms with Gasteiger partial charge in [-0.2, -0.15) is 5.26 Å². The first-order valence-corrected chi connectivity index (χ1v) is 13.8. The second kappa shape index (κ2) is 10.4. The monoisotopic (exact) mass is 552 g/mol. The lowest BCUT2D eigenvalue weighted by Crippen LogP contribution is -2.69. The molecule has 6 rings (SSSR count). The lowest BCUT2D eigenvalue weighted by molar-refractivity contribution is -0.152. The van der Waals surface area contributed by atoms with Crippen LogP contribution in [-0.2, 0) is 21.1 Å². The normalized spacial score (nSPS) is 20.7. The molecule has 0 bridgehead atoms. The molecule has 0 unspecified atom stereocenters. The highest BCUT2D eigenvalue weighted by Gasteiger charge is 2.56. The first kappa shape index (κ1) is 26.6. The van der Waals surface area contributed by atoms with Crippen LogP contribution in [0, 0.1) is 17.2 Å². The number of nitrogens with zero attached hydrogens (tertiary/aromatic N) is 6. The number of rotatable bonds is 7. The third-order valence-electron chi connectivity index (χ3n) is 8.83. The molecule has 41 heavy (non-hydrogen) atoms. The Labute approximate surface area is 238 Å². The van der Waals surface area contributed by atoms with Crippen molar-refractivity contribution in [2.24, 2.45) is 5.92 Å². The van der Waals surface area contributed by atoms with Crippen LogP contribution >= 0.6 is 0 Å². The molecule has 2 aromatic carbocycles. The Bertz CT molecular complexity index is 1690. The van der Waals surface area contributed by atoms with E-state index in [9.17, 15) is 9.59 Å². The molecule has 4 heterocycles. The highest BCUT2D eigenvalue weighted by atomic mass is 16.5. The van der Waals surface area contributed by atoms with Crippen molar-refractivity contribution in [3.8, 4) is 11.8 Å². The van der Waals surface area contributed by atoms with Crippen LogP contribution in [0.1, 0.15) is 38.2 Å². The van der Waals surface area contributed by atoms with E-state index >= 15 is 0 Å². The van der Waals surface area contributed by atoms with E-state index in [1.165, 1.54) is 6.33 Å². The summed E-state index contributed by atoms with van der Waals surface area (Å²) in [5, 5.41) is 11.9. The van der Waals surface area contributed by atoms with E-state index in [0.717, 1.165) is 46.3 Å². The highest BCUT2D eigenvalue weighted by molar-refractivity contribution is 5.89. The fraction of sp³-hybridized carbons (Fsp3) is 0.387. The summed E-state index contributed by atoms with van der Waals surface area (Å²) in [6.45, 7) is 6.14. The van der Waals surface area contributed by atoms with Crippen molar-refractivity contribution in [3.05, 3.63) is 60.6 Å². The Morgan fingerprint density at radius 2 is 1.98 bits per heavy atom. The van der Waals surface area contributed by atoms with Crippen LogP contribution < -0.4 is 9.64 Å². The van der Waals surface area contributed by atoms with Crippen LogP contribution in [0.25, 0.3) is 21.8 Å². The van der Waals surface area contributed by atoms with Gasteiger partial charge >= 0.3 is 5.97 Å². The van der Waals surface area contributed by atoms with Crippen molar-refractivity contribution < 1.29 is 19.1 Å². The van der Waals surface area contributed by atoms with Gasteiger partial charge in [-0.3, -0.25) is 14.2 Å². The summed E-state index contributed by atoms with van der Waals surface area (Å²) >= 11 is 0. The number of amides is 1. The molecule has 1 amide bonds. The fourth-order valence-corrected chi connectivity index (χ4v) is 6.29. The number of hydrogen-bond acceptors (Lipinski definition) is 8. The van der Waals surface area contributed by atoms with Crippen molar-refractivity contribution in [2.75, 3.05) is 31.6 Å². The van der Waals surface area contributed by atoms with Gasteiger partial charge in [0.25, 0.3) is 0 Å². The Balaban J connectivity index is 1.15. The van der Waals surface area contributed by atoms with Crippen molar-refractivity contribution in [2.45, 2.75) is 44.9 Å². The van der Waals surface area contributed by atoms with Crippen LogP contribution in [0.4, 0.5) is 5.82 Å². The second-order valence-electron chi connectivity index (χ2n) is 11.0. The number of methoxy groups -OCH3 is 1. The average Bonchev–Trinajstić information content (AvgIpc) is 3.64. The summed E-state index contributed by atoms with van der Waals surface area (Å²) < 4.78 is 12.8. The maximum Gasteiger partial charge on any atom is 0.314 e. The molecule has 0 radical (unpaired) electrons. The molecule has 10 heteroatoms. The van der Waals surface area contributed by atoms with Crippen LogP contribution in [-0.4, -0.2) is 63.6 Å². The fourth-order valence-electron chi connectivity index (χ4n) is 6.29. The van der Waals surface area contributed by atoms with Crippen molar-refractivity contribution in [3.63, 3.8) is 0 Å². The SMILES string of the molecule is COc1ccc2cc([C@H](C)C(=O)OCn3ccc4c(N5CC[C@]6(C5)[C@@H](C)CN6C(=O)CC#N)ncnc43)ccc2c1. The number of esters is 1. The molecule has 2 aromatic heterocycles. The summed E-state index contributed by atoms with van der Waals surface area (Å²) in [5.74, 6) is 1.07. The first-order chi connectivity index (χ1) is 19.8. The zero-order chi connectivity index (χ0) is 28.7. The highest BCUT2D eigenvalue weighted by Crippen LogP contribution is 2.45. The minimum absolute atomic E-state index is 0.0331. The molecule has 0 saturated carbocycles. The van der Waals surface area contributed by atoms with Gasteiger partial charge in [-0.1, -0.05) is 31.2 Å². The minimum Gasteiger partial charge on any atom is -0.497 e. The molecule has 3 atom stereocenters. The van der Waals surface area contributed by atoms with Crippen molar-refractivity contribution in [1.29, 1.82) is 5.26 Å². The number of ether oxygens (including phenoxy) is 2. The third kappa shape index (κ3) is 4.51. The van der Waals surface area contributed by atoms with E-state index < -0.39 is 5.92 Å². The first-order valence-electron chi connectivity index (χ1n) is 13.8. The van der Waals surface area contributed by atoms with Gasteiger partial charge in [-0.25, -0.2) is 9.97 Å². The summed E-state index contributed by atoms with van der Waals surface area (Å²) in [6, 6.07) is 15.7. The number of nitriles is 1. The molecule has 210 valence electrons. The molecule has 0 aliphatic carbocycles. The second-order valence-corrected chi connectivity index (χ2v) is 11.0. The van der Waals surface area contributed by atoms with Crippen LogP contribution in [0.5, 0.6) is 5.75 Å². The van der Waals surface area contributed by atoms with E-state index in [2.05, 4.69) is 21.8 Å². The lowest BCUT2D eigenvalue weighted by atomic mass is 9.74. The topological polar surface area (TPSA) is 114 Å². The summed E-state index contributed by atoms with van der Waals surface area (Å²) in [6.07, 6.45) is 4.11. The smallest absolute Gasteiger partial charge is 0.314 e. The number of aromatic nitrogens is 3. The Hall–Kier alpha value is -4.65. The zero-order valence-electron chi connectivity index (χ0n) is 23.4. The van der Waals surface area contributed by atoms with Gasteiger partial charge < -0.3 is 19.3 Å². The predicted octanol–water partition coefficient (Wildman–Crippen LogP) is 4.24. The van der Waals surface area contributed by atoms with Crippen LogP contribution in [0.3, 0.4) is 0 Å². The number of anilines is 1. The molecular formula is C31H32N6O4. The quantitative estimate of drug-likeness (QED) is 0.313. The zero-order valence-corrected chi connectivity index (χ0v) is 23.4. The lowest BCUT2D eigenvalue weighted by Gasteiger charge is -2.55. The number of carbonyl (C=O) groups excluding carboxylic acids is 2. The van der Waals surface area contributed by atoms with Gasteiger partial charge in [0.2, 0.25) is 5.91 Å². The van der Waals surface area contributed by atoms with Crippen LogP contribution in [0.2, 0.25) is 0 Å². The minimum atomic E-state index is -0.439. The van der Waals surface area contributed by atoms with Gasteiger partial charge in [0.15, 0.2) is 6.73 Å². The average molecular weight is 553 g/mol. The third-order valence-corrected chi connectivity index (χ3v) is 8.83. The number of benzene rings is 2. The molecule has 2 aliphatic rings. The molecule has 10 nitrogen and oxygen atoms in total. The standard InChI is InChI=1S/C31H32N6O4/c1-20-16-37(27(38)8-11-32)31(20)10-13-35(17-31)28-26-9-12-36(29(26)34-18-33-28)19-41-30(39)21(2)22-4-5-24-15-25(40-3)7-6-23(24)14-22/h4-7,9,12,14-15,18,20-21H,8,10,13,16-17,19H2,1-3H3/t20-,21-,31-/m0/s1. The van der Waals surface area contributed by atoms with Gasteiger partial charge in [0.05, 0.1) is 30.0 Å². The van der Waals surface area contributed by atoms with Gasteiger partial charge in [0.1, 0.15) is 30.0 Å². The Morgan fingerprint density at radius 3 is 2.76 bits per heavy atom. The van der Waals surface area contributed by atoms with Crippen molar-refractivity contribution >= 4 is 39.5 Å². The molecule has 2 fully saturated rings. The summed E-state index contributed by atoms with van der Waals surface area (Å²) in [7, 11) is 1.64. The Kier molecular flexibility index (Phi) is 6.73. The summed E-state index contributed by atoms with van der Waals surface area (Å²) in [4.78, 5) is 38.7. The predicted molar refractivity (Wildman–Crippen MR) is 153 cm³/mol.